The molecule has 0 spiro atoms. The van der Waals surface area contributed by atoms with Gasteiger partial charge in [-0.3, -0.25) is 9.69 Å². The minimum atomic E-state index is -0.207. The van der Waals surface area contributed by atoms with E-state index >= 15 is 0 Å². The second-order valence-corrected chi connectivity index (χ2v) is 6.77. The average Bonchev–Trinajstić information content (AvgIpc) is 2.43. The summed E-state index contributed by atoms with van der Waals surface area (Å²) in [5, 5.41) is 3.48. The Balaban J connectivity index is 1.83. The van der Waals surface area contributed by atoms with Crippen molar-refractivity contribution >= 4 is 34.2 Å². The van der Waals surface area contributed by atoms with Crippen molar-refractivity contribution < 1.29 is 9.18 Å². The Bertz CT molecular complexity index is 502. The number of nitrogens with one attached hydrogen (secondary N) is 1. The molecule has 0 atom stereocenters. The van der Waals surface area contributed by atoms with Crippen LogP contribution in [0.4, 0.5) is 10.1 Å². The number of amides is 1. The third-order valence-corrected chi connectivity index (χ3v) is 4.63. The van der Waals surface area contributed by atoms with Gasteiger partial charge in [-0.25, -0.2) is 4.39 Å². The largest absolute Gasteiger partial charge is 0.381 e. The SMILES string of the molecule is CN(C)C(=O)CN1CCC(Nc2ccc(F)cc2I)CC1. The Labute approximate surface area is 138 Å². The van der Waals surface area contributed by atoms with Crippen molar-refractivity contribution in [3.63, 3.8) is 0 Å². The normalized spacial score (nSPS) is 16.8. The molecular weight excluding hydrogens is 384 g/mol. The van der Waals surface area contributed by atoms with E-state index < -0.39 is 0 Å². The van der Waals surface area contributed by atoms with Crippen LogP contribution < -0.4 is 5.32 Å². The zero-order valence-corrected chi connectivity index (χ0v) is 14.6. The number of likely N-dealkylation sites (tertiary alicyclic amines) is 1. The predicted octanol–water partition coefficient (Wildman–Crippen LogP) is 2.39. The van der Waals surface area contributed by atoms with Gasteiger partial charge in [0.05, 0.1) is 6.54 Å². The molecule has 4 nitrogen and oxygen atoms in total. The van der Waals surface area contributed by atoms with Crippen molar-refractivity contribution in [1.82, 2.24) is 9.80 Å². The molecule has 0 aliphatic carbocycles. The Hall–Kier alpha value is -0.890. The first kappa shape index (κ1) is 16.5. The summed E-state index contributed by atoms with van der Waals surface area (Å²) in [7, 11) is 3.57. The number of carbonyl (C=O) groups excluding carboxylic acids is 1. The molecule has 2 rings (SSSR count). The van der Waals surface area contributed by atoms with Gasteiger partial charge in [-0.1, -0.05) is 0 Å². The molecule has 0 radical (unpaired) electrons. The first-order valence-electron chi connectivity index (χ1n) is 7.10. The number of rotatable bonds is 4. The molecule has 1 fully saturated rings. The summed E-state index contributed by atoms with van der Waals surface area (Å²) in [6.07, 6.45) is 1.99. The van der Waals surface area contributed by atoms with Crippen molar-refractivity contribution in [3.05, 3.63) is 27.6 Å². The lowest BCUT2D eigenvalue weighted by atomic mass is 10.0. The van der Waals surface area contributed by atoms with Crippen LogP contribution >= 0.6 is 22.6 Å². The molecule has 1 aromatic carbocycles. The number of benzene rings is 1. The van der Waals surface area contributed by atoms with Gasteiger partial charge in [0.25, 0.3) is 0 Å². The van der Waals surface area contributed by atoms with Gasteiger partial charge in [0.2, 0.25) is 5.91 Å². The fraction of sp³-hybridized carbons (Fsp3) is 0.533. The molecule has 116 valence electrons. The molecule has 0 saturated carbocycles. The van der Waals surface area contributed by atoms with E-state index in [1.54, 1.807) is 25.1 Å². The van der Waals surface area contributed by atoms with Crippen molar-refractivity contribution in [2.24, 2.45) is 0 Å². The van der Waals surface area contributed by atoms with Crippen LogP contribution in [0.1, 0.15) is 12.8 Å². The third kappa shape index (κ3) is 4.81. The molecule has 1 N–H and O–H groups in total. The molecule has 1 aliphatic heterocycles. The van der Waals surface area contributed by atoms with Gasteiger partial charge >= 0.3 is 0 Å². The maximum atomic E-state index is 13.1. The second-order valence-electron chi connectivity index (χ2n) is 5.61. The lowest BCUT2D eigenvalue weighted by Crippen LogP contribution is -2.44. The molecule has 1 saturated heterocycles. The van der Waals surface area contributed by atoms with Crippen LogP contribution in [-0.2, 0) is 4.79 Å². The number of likely N-dealkylation sites (N-methyl/N-ethyl adjacent to an activating group) is 1. The van der Waals surface area contributed by atoms with E-state index in [9.17, 15) is 9.18 Å². The highest BCUT2D eigenvalue weighted by molar-refractivity contribution is 14.1. The number of nitrogens with zero attached hydrogens (tertiary/aromatic N) is 2. The molecule has 1 aliphatic rings. The molecule has 6 heteroatoms. The van der Waals surface area contributed by atoms with Crippen molar-refractivity contribution in [2.45, 2.75) is 18.9 Å². The van der Waals surface area contributed by atoms with Crippen molar-refractivity contribution in [3.8, 4) is 0 Å². The lowest BCUT2D eigenvalue weighted by molar-refractivity contribution is -0.130. The fourth-order valence-electron chi connectivity index (χ4n) is 2.39. The fourth-order valence-corrected chi connectivity index (χ4v) is 3.03. The highest BCUT2D eigenvalue weighted by Crippen LogP contribution is 2.22. The van der Waals surface area contributed by atoms with Crippen LogP contribution in [0.15, 0.2) is 18.2 Å². The van der Waals surface area contributed by atoms with Gasteiger partial charge in [-0.2, -0.15) is 0 Å². The zero-order chi connectivity index (χ0) is 15.4. The number of halogens is 2. The van der Waals surface area contributed by atoms with Gasteiger partial charge in [0.15, 0.2) is 0 Å². The molecule has 0 unspecified atom stereocenters. The van der Waals surface area contributed by atoms with E-state index in [4.69, 9.17) is 0 Å². The third-order valence-electron chi connectivity index (χ3n) is 3.74. The minimum Gasteiger partial charge on any atom is -0.381 e. The zero-order valence-electron chi connectivity index (χ0n) is 12.4. The summed E-state index contributed by atoms with van der Waals surface area (Å²) >= 11 is 2.15. The predicted molar refractivity (Wildman–Crippen MR) is 90.9 cm³/mol. The number of hydrogen-bond donors (Lipinski definition) is 1. The Kier molecular flexibility index (Phi) is 5.80. The van der Waals surface area contributed by atoms with Crippen LogP contribution in [0.3, 0.4) is 0 Å². The summed E-state index contributed by atoms with van der Waals surface area (Å²) in [4.78, 5) is 15.5. The minimum absolute atomic E-state index is 0.148. The summed E-state index contributed by atoms with van der Waals surface area (Å²) in [5.41, 5.74) is 0.986. The van der Waals surface area contributed by atoms with Crippen LogP contribution in [0, 0.1) is 9.39 Å². The van der Waals surface area contributed by atoms with Crippen LogP contribution in [0.2, 0.25) is 0 Å². The molecule has 1 aromatic rings. The van der Waals surface area contributed by atoms with E-state index in [-0.39, 0.29) is 11.7 Å². The smallest absolute Gasteiger partial charge is 0.236 e. The van der Waals surface area contributed by atoms with E-state index in [1.165, 1.54) is 12.1 Å². The van der Waals surface area contributed by atoms with E-state index in [1.807, 2.05) is 0 Å². The Morgan fingerprint density at radius 3 is 2.67 bits per heavy atom. The maximum Gasteiger partial charge on any atom is 0.236 e. The van der Waals surface area contributed by atoms with Crippen LogP contribution in [0.25, 0.3) is 0 Å². The van der Waals surface area contributed by atoms with Gasteiger partial charge in [0, 0.05) is 42.5 Å². The maximum absolute atomic E-state index is 13.1. The van der Waals surface area contributed by atoms with Crippen LogP contribution in [0.5, 0.6) is 0 Å². The van der Waals surface area contributed by atoms with E-state index in [2.05, 4.69) is 32.8 Å². The molecule has 21 heavy (non-hydrogen) atoms. The molecular formula is C15H21FIN3O. The standard InChI is InChI=1S/C15H21FIN3O/c1-19(2)15(21)10-20-7-5-12(6-8-20)18-14-4-3-11(16)9-13(14)17/h3-4,9,12,18H,5-8,10H2,1-2H3. The summed E-state index contributed by atoms with van der Waals surface area (Å²) in [6.45, 7) is 2.32. The van der Waals surface area contributed by atoms with E-state index in [0.29, 0.717) is 12.6 Å². The number of anilines is 1. The van der Waals surface area contributed by atoms with Gasteiger partial charge in [-0.15, -0.1) is 0 Å². The van der Waals surface area contributed by atoms with Crippen molar-refractivity contribution in [1.29, 1.82) is 0 Å². The molecule has 1 heterocycles. The topological polar surface area (TPSA) is 35.6 Å². The monoisotopic (exact) mass is 405 g/mol. The molecule has 0 bridgehead atoms. The van der Waals surface area contributed by atoms with Crippen LogP contribution in [-0.4, -0.2) is 55.5 Å². The Morgan fingerprint density at radius 2 is 2.10 bits per heavy atom. The number of hydrogen-bond acceptors (Lipinski definition) is 3. The first-order valence-corrected chi connectivity index (χ1v) is 8.17. The Morgan fingerprint density at radius 1 is 1.43 bits per heavy atom. The lowest BCUT2D eigenvalue weighted by Gasteiger charge is -2.33. The number of carbonyl (C=O) groups is 1. The highest BCUT2D eigenvalue weighted by Gasteiger charge is 2.21. The highest BCUT2D eigenvalue weighted by atomic mass is 127. The first-order chi connectivity index (χ1) is 9.95. The quantitative estimate of drug-likeness (QED) is 0.782. The molecule has 0 aromatic heterocycles. The van der Waals surface area contributed by atoms with Gasteiger partial charge in [0.1, 0.15) is 5.82 Å². The second kappa shape index (κ2) is 7.40. The number of piperidine rings is 1. The van der Waals surface area contributed by atoms with Crippen molar-refractivity contribution in [2.75, 3.05) is 39.0 Å². The summed E-state index contributed by atoms with van der Waals surface area (Å²) in [6, 6.07) is 5.19. The molecule has 1 amide bonds. The van der Waals surface area contributed by atoms with E-state index in [0.717, 1.165) is 35.2 Å². The average molecular weight is 405 g/mol. The van der Waals surface area contributed by atoms with Gasteiger partial charge < -0.3 is 10.2 Å². The van der Waals surface area contributed by atoms with Gasteiger partial charge in [-0.05, 0) is 53.6 Å². The summed E-state index contributed by atoms with van der Waals surface area (Å²) < 4.78 is 14.0. The summed E-state index contributed by atoms with van der Waals surface area (Å²) in [5.74, 6) is -0.0588.